The molecule has 0 radical (unpaired) electrons. The molecule has 0 spiro atoms. The molecule has 23 heavy (non-hydrogen) atoms. The third-order valence-electron chi connectivity index (χ3n) is 4.03. The second-order valence-corrected chi connectivity index (χ2v) is 6.70. The zero-order valence-electron chi connectivity index (χ0n) is 11.9. The van der Waals surface area contributed by atoms with Gasteiger partial charge in [-0.2, -0.15) is 0 Å². The van der Waals surface area contributed by atoms with Crippen molar-refractivity contribution in [2.45, 2.75) is 5.92 Å². The molecule has 1 amide bonds. The van der Waals surface area contributed by atoms with Gasteiger partial charge in [0, 0.05) is 24.0 Å². The van der Waals surface area contributed by atoms with Gasteiger partial charge in [-0.3, -0.25) is 9.59 Å². The number of rotatable bonds is 3. The van der Waals surface area contributed by atoms with Crippen molar-refractivity contribution in [1.29, 1.82) is 0 Å². The van der Waals surface area contributed by atoms with E-state index in [0.29, 0.717) is 16.0 Å². The Morgan fingerprint density at radius 2 is 1.91 bits per heavy atom. The molecule has 0 bridgehead atoms. The summed E-state index contributed by atoms with van der Waals surface area (Å²) in [4.78, 5) is 25.6. The zero-order valence-corrected chi connectivity index (χ0v) is 14.3. The van der Waals surface area contributed by atoms with E-state index in [4.69, 9.17) is 16.0 Å². The van der Waals surface area contributed by atoms with Crippen LogP contribution in [0.2, 0.25) is 5.02 Å². The lowest BCUT2D eigenvalue weighted by molar-refractivity contribution is -0.141. The number of carboxylic acids is 1. The van der Waals surface area contributed by atoms with Crippen molar-refractivity contribution in [3.63, 3.8) is 0 Å². The molecule has 1 aromatic heterocycles. The van der Waals surface area contributed by atoms with Crippen LogP contribution in [0.3, 0.4) is 0 Å². The maximum absolute atomic E-state index is 12.5. The second kappa shape index (κ2) is 6.37. The number of furan rings is 1. The fourth-order valence-corrected chi connectivity index (χ4v) is 3.35. The van der Waals surface area contributed by atoms with E-state index in [1.165, 1.54) is 11.2 Å². The molecule has 3 rings (SSSR count). The Morgan fingerprint density at radius 1 is 1.22 bits per heavy atom. The van der Waals surface area contributed by atoms with Crippen LogP contribution in [0, 0.1) is 5.92 Å². The van der Waals surface area contributed by atoms with Crippen LogP contribution < -0.4 is 0 Å². The maximum Gasteiger partial charge on any atom is 0.308 e. The van der Waals surface area contributed by atoms with Gasteiger partial charge in [-0.05, 0) is 39.7 Å². The van der Waals surface area contributed by atoms with Crippen molar-refractivity contribution in [3.05, 3.63) is 57.4 Å². The van der Waals surface area contributed by atoms with Gasteiger partial charge < -0.3 is 14.4 Å². The standard InChI is InChI=1S/C16H13BrClNO4/c17-13-5-6-23-14(13)15(20)19-7-11(12(8-19)16(21)22)9-1-3-10(18)4-2-9/h1-6,11-12H,7-8H2,(H,21,22)/t11-,12+/m0/s1. The van der Waals surface area contributed by atoms with Gasteiger partial charge in [0.15, 0.2) is 0 Å². The molecule has 0 saturated carbocycles. The van der Waals surface area contributed by atoms with Crippen LogP contribution in [-0.4, -0.2) is 35.0 Å². The molecule has 120 valence electrons. The van der Waals surface area contributed by atoms with Crippen LogP contribution in [0.4, 0.5) is 0 Å². The third-order valence-corrected chi connectivity index (χ3v) is 4.91. The van der Waals surface area contributed by atoms with Gasteiger partial charge in [-0.25, -0.2) is 0 Å². The van der Waals surface area contributed by atoms with Crippen LogP contribution in [0.1, 0.15) is 22.0 Å². The highest BCUT2D eigenvalue weighted by Gasteiger charge is 2.41. The topological polar surface area (TPSA) is 70.8 Å². The summed E-state index contributed by atoms with van der Waals surface area (Å²) in [6, 6.07) is 8.70. The van der Waals surface area contributed by atoms with E-state index in [9.17, 15) is 14.7 Å². The molecule has 2 heterocycles. The Morgan fingerprint density at radius 3 is 2.48 bits per heavy atom. The SMILES string of the molecule is O=C(O)[C@@H]1CN(C(=O)c2occc2Br)C[C@H]1c1ccc(Cl)cc1. The number of halogens is 2. The monoisotopic (exact) mass is 397 g/mol. The minimum absolute atomic E-state index is 0.147. The summed E-state index contributed by atoms with van der Waals surface area (Å²) < 4.78 is 5.75. The number of amides is 1. The first-order valence-electron chi connectivity index (χ1n) is 6.98. The number of benzene rings is 1. The summed E-state index contributed by atoms with van der Waals surface area (Å²) >= 11 is 9.14. The average Bonchev–Trinajstić information content (AvgIpc) is 3.14. The number of nitrogens with zero attached hydrogens (tertiary/aromatic N) is 1. The second-order valence-electron chi connectivity index (χ2n) is 5.41. The lowest BCUT2D eigenvalue weighted by Crippen LogP contribution is -2.29. The lowest BCUT2D eigenvalue weighted by atomic mass is 9.89. The summed E-state index contributed by atoms with van der Waals surface area (Å²) in [5, 5.41) is 10.1. The number of likely N-dealkylation sites (tertiary alicyclic amines) is 1. The van der Waals surface area contributed by atoms with E-state index in [-0.39, 0.29) is 24.1 Å². The van der Waals surface area contributed by atoms with Crippen LogP contribution >= 0.6 is 27.5 Å². The van der Waals surface area contributed by atoms with E-state index < -0.39 is 11.9 Å². The fraction of sp³-hybridized carbons (Fsp3) is 0.250. The molecule has 1 aliphatic heterocycles. The van der Waals surface area contributed by atoms with Crippen molar-refractivity contribution in [2.75, 3.05) is 13.1 Å². The average molecular weight is 399 g/mol. The molecule has 1 aromatic carbocycles. The van der Waals surface area contributed by atoms with E-state index in [1.54, 1.807) is 30.3 Å². The van der Waals surface area contributed by atoms with Crippen molar-refractivity contribution in [2.24, 2.45) is 5.92 Å². The predicted molar refractivity (Wildman–Crippen MR) is 87.6 cm³/mol. The molecule has 1 fully saturated rings. The quantitative estimate of drug-likeness (QED) is 0.857. The maximum atomic E-state index is 12.5. The lowest BCUT2D eigenvalue weighted by Gasteiger charge is -2.15. The van der Waals surface area contributed by atoms with E-state index >= 15 is 0 Å². The molecular weight excluding hydrogens is 386 g/mol. The Balaban J connectivity index is 1.86. The first-order valence-corrected chi connectivity index (χ1v) is 8.15. The summed E-state index contributed by atoms with van der Waals surface area (Å²) in [5.74, 6) is -1.98. The molecule has 0 aliphatic carbocycles. The van der Waals surface area contributed by atoms with E-state index in [2.05, 4.69) is 15.9 Å². The highest BCUT2D eigenvalue weighted by molar-refractivity contribution is 9.10. The van der Waals surface area contributed by atoms with Gasteiger partial charge in [-0.1, -0.05) is 23.7 Å². The fourth-order valence-electron chi connectivity index (χ4n) is 2.86. The number of aliphatic carboxylic acids is 1. The Kier molecular flexibility index (Phi) is 4.46. The largest absolute Gasteiger partial charge is 0.481 e. The molecule has 1 saturated heterocycles. The minimum Gasteiger partial charge on any atom is -0.481 e. The number of hydrogen-bond acceptors (Lipinski definition) is 3. The van der Waals surface area contributed by atoms with Gasteiger partial charge in [-0.15, -0.1) is 0 Å². The Hall–Kier alpha value is -1.79. The summed E-state index contributed by atoms with van der Waals surface area (Å²) in [6.45, 7) is 0.471. The summed E-state index contributed by atoms with van der Waals surface area (Å²) in [5.41, 5.74) is 0.857. The highest BCUT2D eigenvalue weighted by Crippen LogP contribution is 2.35. The Bertz CT molecular complexity index is 743. The predicted octanol–water partition coefficient (Wildman–Crippen LogP) is 3.64. The van der Waals surface area contributed by atoms with Gasteiger partial charge in [0.1, 0.15) is 0 Å². The number of carbonyl (C=O) groups is 2. The molecule has 0 unspecified atom stereocenters. The van der Waals surface area contributed by atoms with Crippen molar-refractivity contribution in [1.82, 2.24) is 4.90 Å². The minimum atomic E-state index is -0.918. The zero-order chi connectivity index (χ0) is 16.6. The molecule has 7 heteroatoms. The molecular formula is C16H13BrClNO4. The van der Waals surface area contributed by atoms with Gasteiger partial charge >= 0.3 is 5.97 Å². The molecule has 2 aromatic rings. The van der Waals surface area contributed by atoms with Crippen LogP contribution in [-0.2, 0) is 4.79 Å². The van der Waals surface area contributed by atoms with Gasteiger partial charge in [0.05, 0.1) is 16.7 Å². The highest BCUT2D eigenvalue weighted by atomic mass is 79.9. The van der Waals surface area contributed by atoms with Crippen LogP contribution in [0.5, 0.6) is 0 Å². The van der Waals surface area contributed by atoms with E-state index in [1.807, 2.05) is 0 Å². The smallest absolute Gasteiger partial charge is 0.308 e. The normalized spacial score (nSPS) is 20.7. The summed E-state index contributed by atoms with van der Waals surface area (Å²) in [6.07, 6.45) is 1.42. The molecule has 2 atom stereocenters. The molecule has 5 nitrogen and oxygen atoms in total. The molecule has 1 N–H and O–H groups in total. The van der Waals surface area contributed by atoms with Crippen LogP contribution in [0.25, 0.3) is 0 Å². The summed E-state index contributed by atoms with van der Waals surface area (Å²) in [7, 11) is 0. The van der Waals surface area contributed by atoms with Gasteiger partial charge in [0.25, 0.3) is 5.91 Å². The number of carbonyl (C=O) groups excluding carboxylic acids is 1. The number of carboxylic acid groups (broad SMARTS) is 1. The van der Waals surface area contributed by atoms with E-state index in [0.717, 1.165) is 5.56 Å². The number of hydrogen-bond donors (Lipinski definition) is 1. The molecule has 1 aliphatic rings. The first kappa shape index (κ1) is 16.1. The Labute approximate surface area is 146 Å². The van der Waals surface area contributed by atoms with Crippen molar-refractivity contribution < 1.29 is 19.1 Å². The van der Waals surface area contributed by atoms with Gasteiger partial charge in [0.2, 0.25) is 5.76 Å². The van der Waals surface area contributed by atoms with Crippen molar-refractivity contribution >= 4 is 39.4 Å². The first-order chi connectivity index (χ1) is 11.0. The third kappa shape index (κ3) is 3.14. The van der Waals surface area contributed by atoms with Crippen LogP contribution in [0.15, 0.2) is 45.5 Å². The van der Waals surface area contributed by atoms with Crippen molar-refractivity contribution in [3.8, 4) is 0 Å².